The highest BCUT2D eigenvalue weighted by Gasteiger charge is 2.17. The number of pyridine rings is 1. The average Bonchev–Trinajstić information content (AvgIpc) is 1.90. The van der Waals surface area contributed by atoms with E-state index in [4.69, 9.17) is 0 Å². The molecule has 0 spiro atoms. The topological polar surface area (TPSA) is 24.9 Å². The summed E-state index contributed by atoms with van der Waals surface area (Å²) in [6.45, 7) is 1.14. The van der Waals surface area contributed by atoms with Gasteiger partial charge < -0.3 is 5.32 Å². The molecule has 1 atom stereocenters. The lowest BCUT2D eigenvalue weighted by atomic mass is 10.0. The van der Waals surface area contributed by atoms with Crippen LogP contribution in [0.25, 0.3) is 0 Å². The normalized spacial score (nSPS) is 22.8. The molecule has 11 heavy (non-hydrogen) atoms. The minimum Gasteiger partial charge on any atom is -0.310 e. The molecule has 2 rings (SSSR count). The predicted octanol–water partition coefficient (Wildman–Crippen LogP) is 1.88. The van der Waals surface area contributed by atoms with Crippen LogP contribution in [0.1, 0.15) is 18.0 Å². The fourth-order valence-corrected chi connectivity index (χ4v) is 1.40. The highest BCUT2D eigenvalue weighted by Crippen LogP contribution is 2.22. The van der Waals surface area contributed by atoms with Gasteiger partial charge in [-0.25, -0.2) is 4.98 Å². The van der Waals surface area contributed by atoms with Gasteiger partial charge in [-0.05, 0) is 40.5 Å². The van der Waals surface area contributed by atoms with Gasteiger partial charge in [0.15, 0.2) is 0 Å². The average molecular weight is 213 g/mol. The van der Waals surface area contributed by atoms with Crippen LogP contribution in [-0.2, 0) is 0 Å². The SMILES string of the molecule is Brc1ccc([C@H]2CCN2)cn1. The molecule has 1 aliphatic rings. The number of hydrogen-bond acceptors (Lipinski definition) is 2. The van der Waals surface area contributed by atoms with Crippen LogP contribution in [0, 0.1) is 0 Å². The van der Waals surface area contributed by atoms with Crippen molar-refractivity contribution >= 4 is 15.9 Å². The Kier molecular flexibility index (Phi) is 1.92. The largest absolute Gasteiger partial charge is 0.310 e. The van der Waals surface area contributed by atoms with Gasteiger partial charge in [-0.2, -0.15) is 0 Å². The smallest absolute Gasteiger partial charge is 0.106 e. The van der Waals surface area contributed by atoms with Crippen molar-refractivity contribution in [2.75, 3.05) is 6.54 Å². The number of rotatable bonds is 1. The molecule has 0 saturated carbocycles. The Hall–Kier alpha value is -0.410. The monoisotopic (exact) mass is 212 g/mol. The van der Waals surface area contributed by atoms with Crippen molar-refractivity contribution in [3.63, 3.8) is 0 Å². The molecular weight excluding hydrogens is 204 g/mol. The van der Waals surface area contributed by atoms with E-state index in [0.717, 1.165) is 11.1 Å². The summed E-state index contributed by atoms with van der Waals surface area (Å²) >= 11 is 3.30. The van der Waals surface area contributed by atoms with Crippen molar-refractivity contribution in [3.8, 4) is 0 Å². The van der Waals surface area contributed by atoms with E-state index in [1.165, 1.54) is 12.0 Å². The summed E-state index contributed by atoms with van der Waals surface area (Å²) in [4.78, 5) is 4.16. The molecule has 1 fully saturated rings. The second-order valence-electron chi connectivity index (χ2n) is 2.71. The first-order chi connectivity index (χ1) is 5.36. The molecule has 1 saturated heterocycles. The maximum absolute atomic E-state index is 4.16. The van der Waals surface area contributed by atoms with Gasteiger partial charge in [0.1, 0.15) is 4.60 Å². The summed E-state index contributed by atoms with van der Waals surface area (Å²) in [6.07, 6.45) is 3.16. The Morgan fingerprint density at radius 2 is 2.36 bits per heavy atom. The summed E-state index contributed by atoms with van der Waals surface area (Å²) in [7, 11) is 0. The number of hydrogen-bond donors (Lipinski definition) is 1. The van der Waals surface area contributed by atoms with Crippen LogP contribution in [-0.4, -0.2) is 11.5 Å². The van der Waals surface area contributed by atoms with Gasteiger partial charge in [0.2, 0.25) is 0 Å². The van der Waals surface area contributed by atoms with E-state index in [2.05, 4.69) is 32.3 Å². The molecular formula is C8H9BrN2. The maximum Gasteiger partial charge on any atom is 0.106 e. The zero-order chi connectivity index (χ0) is 7.68. The van der Waals surface area contributed by atoms with E-state index in [-0.39, 0.29) is 0 Å². The Morgan fingerprint density at radius 1 is 1.55 bits per heavy atom. The van der Waals surface area contributed by atoms with Crippen molar-refractivity contribution in [2.24, 2.45) is 0 Å². The molecule has 0 unspecified atom stereocenters. The molecule has 1 aromatic rings. The minimum atomic E-state index is 0.551. The van der Waals surface area contributed by atoms with E-state index in [1.54, 1.807) is 0 Å². The first-order valence-corrected chi connectivity index (χ1v) is 4.50. The molecule has 58 valence electrons. The second-order valence-corrected chi connectivity index (χ2v) is 3.52. The van der Waals surface area contributed by atoms with Crippen LogP contribution in [0.5, 0.6) is 0 Å². The van der Waals surface area contributed by atoms with Crippen molar-refractivity contribution in [1.82, 2.24) is 10.3 Å². The van der Waals surface area contributed by atoms with E-state index < -0.39 is 0 Å². The highest BCUT2D eigenvalue weighted by atomic mass is 79.9. The van der Waals surface area contributed by atoms with Gasteiger partial charge in [0.05, 0.1) is 0 Å². The Bertz CT molecular complexity index is 241. The second kappa shape index (κ2) is 2.91. The third-order valence-corrected chi connectivity index (χ3v) is 2.45. The van der Waals surface area contributed by atoms with E-state index >= 15 is 0 Å². The third-order valence-electron chi connectivity index (χ3n) is 1.98. The number of nitrogens with one attached hydrogen (secondary N) is 1. The van der Waals surface area contributed by atoms with Gasteiger partial charge in [0, 0.05) is 12.2 Å². The van der Waals surface area contributed by atoms with Crippen LogP contribution in [0.4, 0.5) is 0 Å². The first kappa shape index (κ1) is 7.25. The lowest BCUT2D eigenvalue weighted by Crippen LogP contribution is -2.34. The minimum absolute atomic E-state index is 0.551. The Morgan fingerprint density at radius 3 is 2.82 bits per heavy atom. The van der Waals surface area contributed by atoms with Crippen molar-refractivity contribution in [2.45, 2.75) is 12.5 Å². The fraction of sp³-hybridized carbons (Fsp3) is 0.375. The van der Waals surface area contributed by atoms with E-state index in [0.29, 0.717) is 6.04 Å². The molecule has 1 aromatic heterocycles. The molecule has 2 nitrogen and oxygen atoms in total. The van der Waals surface area contributed by atoms with Gasteiger partial charge in [-0.3, -0.25) is 0 Å². The molecule has 2 heterocycles. The number of nitrogens with zero attached hydrogens (tertiary/aromatic N) is 1. The van der Waals surface area contributed by atoms with Gasteiger partial charge in [-0.15, -0.1) is 0 Å². The molecule has 3 heteroatoms. The number of aromatic nitrogens is 1. The van der Waals surface area contributed by atoms with E-state index in [1.807, 2.05) is 12.3 Å². The highest BCUT2D eigenvalue weighted by molar-refractivity contribution is 9.10. The number of halogens is 1. The quantitative estimate of drug-likeness (QED) is 0.720. The molecule has 0 aromatic carbocycles. The Labute approximate surface area is 74.2 Å². The predicted molar refractivity (Wildman–Crippen MR) is 47.3 cm³/mol. The standard InChI is InChI=1S/C8H9BrN2/c9-8-2-1-6(5-11-8)7-3-4-10-7/h1-2,5,7,10H,3-4H2/t7-/m1/s1. The van der Waals surface area contributed by atoms with Gasteiger partial charge in [0.25, 0.3) is 0 Å². The summed E-state index contributed by atoms with van der Waals surface area (Å²) < 4.78 is 0.903. The van der Waals surface area contributed by atoms with E-state index in [9.17, 15) is 0 Å². The van der Waals surface area contributed by atoms with Crippen LogP contribution in [0.3, 0.4) is 0 Å². The van der Waals surface area contributed by atoms with Gasteiger partial charge >= 0.3 is 0 Å². The summed E-state index contributed by atoms with van der Waals surface area (Å²) in [5.74, 6) is 0. The lowest BCUT2D eigenvalue weighted by molar-refractivity contribution is 0.382. The van der Waals surface area contributed by atoms with Crippen molar-refractivity contribution < 1.29 is 0 Å². The Balaban J connectivity index is 2.18. The molecule has 0 radical (unpaired) electrons. The maximum atomic E-state index is 4.16. The van der Waals surface area contributed by atoms with Crippen molar-refractivity contribution in [3.05, 3.63) is 28.5 Å². The summed E-state index contributed by atoms with van der Waals surface area (Å²) in [5.41, 5.74) is 1.29. The van der Waals surface area contributed by atoms with Crippen molar-refractivity contribution in [1.29, 1.82) is 0 Å². The fourth-order valence-electron chi connectivity index (χ4n) is 1.17. The molecule has 1 N–H and O–H groups in total. The molecule has 0 bridgehead atoms. The summed E-state index contributed by atoms with van der Waals surface area (Å²) in [6, 6.07) is 4.64. The van der Waals surface area contributed by atoms with Gasteiger partial charge in [-0.1, -0.05) is 6.07 Å². The van der Waals surface area contributed by atoms with Crippen LogP contribution >= 0.6 is 15.9 Å². The first-order valence-electron chi connectivity index (χ1n) is 3.71. The lowest BCUT2D eigenvalue weighted by Gasteiger charge is -2.27. The zero-order valence-corrected chi connectivity index (χ0v) is 7.63. The molecule has 0 aliphatic carbocycles. The van der Waals surface area contributed by atoms with Crippen LogP contribution in [0.2, 0.25) is 0 Å². The summed E-state index contributed by atoms with van der Waals surface area (Å²) in [5, 5.41) is 3.33. The molecule has 0 amide bonds. The van der Waals surface area contributed by atoms with Crippen LogP contribution < -0.4 is 5.32 Å². The zero-order valence-electron chi connectivity index (χ0n) is 6.05. The van der Waals surface area contributed by atoms with Crippen LogP contribution in [0.15, 0.2) is 22.9 Å². The third kappa shape index (κ3) is 1.44. The molecule has 1 aliphatic heterocycles.